The van der Waals surface area contributed by atoms with E-state index in [4.69, 9.17) is 9.26 Å². The van der Waals surface area contributed by atoms with Crippen molar-refractivity contribution in [2.45, 2.75) is 42.9 Å². The number of aromatic nitrogens is 4. The van der Waals surface area contributed by atoms with Gasteiger partial charge in [-0.15, -0.1) is 10.2 Å². The van der Waals surface area contributed by atoms with Crippen molar-refractivity contribution < 1.29 is 9.26 Å². The minimum Gasteiger partial charge on any atom is -0.371 e. The Kier molecular flexibility index (Phi) is 5.27. The van der Waals surface area contributed by atoms with Crippen LogP contribution in [0.5, 0.6) is 0 Å². The van der Waals surface area contributed by atoms with Crippen LogP contribution in [-0.4, -0.2) is 40.0 Å². The molecule has 1 fully saturated rings. The summed E-state index contributed by atoms with van der Waals surface area (Å²) in [6.45, 7) is 6.66. The predicted octanol–water partition coefficient (Wildman–Crippen LogP) is 2.91. The predicted molar refractivity (Wildman–Crippen MR) is 85.3 cm³/mol. The molecule has 2 aromatic rings. The van der Waals surface area contributed by atoms with E-state index in [2.05, 4.69) is 25.2 Å². The van der Waals surface area contributed by atoms with Gasteiger partial charge in [0.1, 0.15) is 6.10 Å². The van der Waals surface area contributed by atoms with Gasteiger partial charge in [-0.05, 0) is 26.7 Å². The molecular weight excluding hydrogens is 322 g/mol. The Morgan fingerprint density at radius 1 is 1.36 bits per heavy atom. The van der Waals surface area contributed by atoms with Gasteiger partial charge in [0.15, 0.2) is 10.2 Å². The minimum atomic E-state index is -0.143. The van der Waals surface area contributed by atoms with E-state index < -0.39 is 0 Å². The van der Waals surface area contributed by atoms with Crippen LogP contribution >= 0.6 is 23.1 Å². The molecule has 9 heteroatoms. The molecule has 0 amide bonds. The Morgan fingerprint density at radius 2 is 2.18 bits per heavy atom. The van der Waals surface area contributed by atoms with Crippen LogP contribution in [0.4, 0.5) is 5.13 Å². The van der Waals surface area contributed by atoms with Crippen molar-refractivity contribution in [2.24, 2.45) is 0 Å². The van der Waals surface area contributed by atoms with E-state index in [9.17, 15) is 0 Å². The van der Waals surface area contributed by atoms with Crippen LogP contribution in [0.2, 0.25) is 0 Å². The van der Waals surface area contributed by atoms with E-state index in [0.29, 0.717) is 24.1 Å². The van der Waals surface area contributed by atoms with E-state index in [-0.39, 0.29) is 6.10 Å². The lowest BCUT2D eigenvalue weighted by atomic mass is 10.4. The molecule has 3 heterocycles. The zero-order chi connectivity index (χ0) is 15.4. The molecule has 120 valence electrons. The molecule has 1 saturated heterocycles. The average Bonchev–Trinajstić information content (AvgIpc) is 3.25. The molecule has 0 aliphatic carbocycles. The zero-order valence-corrected chi connectivity index (χ0v) is 14.3. The van der Waals surface area contributed by atoms with Crippen molar-refractivity contribution in [3.8, 4) is 0 Å². The molecule has 1 aliphatic heterocycles. The minimum absolute atomic E-state index is 0.143. The third kappa shape index (κ3) is 3.76. The Morgan fingerprint density at radius 3 is 2.95 bits per heavy atom. The summed E-state index contributed by atoms with van der Waals surface area (Å²) in [5.41, 5.74) is 0. The fourth-order valence-electron chi connectivity index (χ4n) is 2.24. The largest absolute Gasteiger partial charge is 0.371 e. The number of hydrogen-bond acceptors (Lipinski definition) is 9. The third-order valence-corrected chi connectivity index (χ3v) is 5.46. The summed E-state index contributed by atoms with van der Waals surface area (Å²) in [4.78, 5) is 6.64. The van der Waals surface area contributed by atoms with Crippen molar-refractivity contribution in [1.29, 1.82) is 0 Å². The van der Waals surface area contributed by atoms with Gasteiger partial charge in [-0.2, -0.15) is 4.98 Å². The molecule has 1 aliphatic rings. The van der Waals surface area contributed by atoms with Crippen molar-refractivity contribution in [2.75, 3.05) is 24.6 Å². The summed E-state index contributed by atoms with van der Waals surface area (Å²) >= 11 is 3.20. The van der Waals surface area contributed by atoms with Crippen molar-refractivity contribution in [1.82, 2.24) is 20.3 Å². The Labute approximate surface area is 137 Å². The first kappa shape index (κ1) is 15.7. The molecule has 22 heavy (non-hydrogen) atoms. The number of thioether (sulfide) groups is 1. The van der Waals surface area contributed by atoms with Gasteiger partial charge in [0.25, 0.3) is 0 Å². The second-order valence-electron chi connectivity index (χ2n) is 4.98. The zero-order valence-electron chi connectivity index (χ0n) is 12.7. The highest BCUT2D eigenvalue weighted by Gasteiger charge is 2.18. The van der Waals surface area contributed by atoms with Crippen LogP contribution < -0.4 is 4.90 Å². The van der Waals surface area contributed by atoms with Gasteiger partial charge >= 0.3 is 0 Å². The Bertz CT molecular complexity index is 597. The van der Waals surface area contributed by atoms with Gasteiger partial charge in [0, 0.05) is 19.7 Å². The van der Waals surface area contributed by atoms with Gasteiger partial charge in [-0.1, -0.05) is 28.3 Å². The van der Waals surface area contributed by atoms with Gasteiger partial charge < -0.3 is 14.2 Å². The van der Waals surface area contributed by atoms with Crippen LogP contribution in [0.15, 0.2) is 8.86 Å². The maximum Gasteiger partial charge on any atom is 0.237 e. The first-order valence-corrected chi connectivity index (χ1v) is 9.22. The van der Waals surface area contributed by atoms with E-state index in [0.717, 1.165) is 22.6 Å². The smallest absolute Gasteiger partial charge is 0.237 e. The molecule has 0 spiro atoms. The van der Waals surface area contributed by atoms with Crippen LogP contribution in [0.3, 0.4) is 0 Å². The maximum atomic E-state index is 5.45. The Balaban J connectivity index is 1.54. The topological polar surface area (TPSA) is 77.2 Å². The third-order valence-electron chi connectivity index (χ3n) is 3.36. The number of hydrogen-bond donors (Lipinski definition) is 0. The van der Waals surface area contributed by atoms with Gasteiger partial charge in [0.2, 0.25) is 11.0 Å². The first-order chi connectivity index (χ1) is 10.8. The summed E-state index contributed by atoms with van der Waals surface area (Å²) in [5, 5.41) is 13.4. The molecule has 0 N–H and O–H groups in total. The lowest BCUT2D eigenvalue weighted by molar-refractivity contribution is 0.0683. The normalized spacial score (nSPS) is 16.4. The van der Waals surface area contributed by atoms with Crippen molar-refractivity contribution in [3.05, 3.63) is 11.7 Å². The van der Waals surface area contributed by atoms with E-state index >= 15 is 0 Å². The maximum absolute atomic E-state index is 5.45. The molecule has 0 bridgehead atoms. The van der Waals surface area contributed by atoms with Crippen molar-refractivity contribution in [3.63, 3.8) is 0 Å². The van der Waals surface area contributed by atoms with E-state index in [1.54, 1.807) is 23.1 Å². The number of rotatable bonds is 7. The molecule has 1 atom stereocenters. The quantitative estimate of drug-likeness (QED) is 0.712. The fraction of sp³-hybridized carbons (Fsp3) is 0.692. The van der Waals surface area contributed by atoms with Crippen LogP contribution in [0.1, 0.15) is 44.5 Å². The summed E-state index contributed by atoms with van der Waals surface area (Å²) < 4.78 is 11.6. The standard InChI is InChI=1S/C13H19N5O2S2/c1-3-19-9(2)11-14-10(20-17-11)8-21-13-16-15-12(22-13)18-6-4-5-7-18/h9H,3-8H2,1-2H3/t9-/m0/s1. The van der Waals surface area contributed by atoms with Crippen LogP contribution in [0, 0.1) is 0 Å². The van der Waals surface area contributed by atoms with Crippen LogP contribution in [0.25, 0.3) is 0 Å². The fourth-order valence-corrected chi connectivity index (χ4v) is 3.97. The number of nitrogens with zero attached hydrogens (tertiary/aromatic N) is 5. The molecule has 0 radical (unpaired) electrons. The molecule has 7 nitrogen and oxygen atoms in total. The molecule has 0 aromatic carbocycles. The van der Waals surface area contributed by atoms with Crippen LogP contribution in [-0.2, 0) is 10.5 Å². The highest BCUT2D eigenvalue weighted by atomic mass is 32.2. The van der Waals surface area contributed by atoms with Gasteiger partial charge in [-0.25, -0.2) is 0 Å². The molecule has 3 rings (SSSR count). The van der Waals surface area contributed by atoms with Gasteiger partial charge in [-0.3, -0.25) is 0 Å². The lowest BCUT2D eigenvalue weighted by Crippen LogP contribution is -2.17. The SMILES string of the molecule is CCO[C@@H](C)c1noc(CSc2nnc(N3CCCC3)s2)n1. The summed E-state index contributed by atoms with van der Waals surface area (Å²) in [7, 11) is 0. The number of ether oxygens (including phenoxy) is 1. The van der Waals surface area contributed by atoms with E-state index in [1.165, 1.54) is 12.8 Å². The highest BCUT2D eigenvalue weighted by Crippen LogP contribution is 2.31. The molecular formula is C13H19N5O2S2. The molecule has 2 aromatic heterocycles. The van der Waals surface area contributed by atoms with E-state index in [1.807, 2.05) is 13.8 Å². The second kappa shape index (κ2) is 7.38. The monoisotopic (exact) mass is 341 g/mol. The summed E-state index contributed by atoms with van der Waals surface area (Å²) in [6, 6.07) is 0. The van der Waals surface area contributed by atoms with Crippen molar-refractivity contribution >= 4 is 28.2 Å². The lowest BCUT2D eigenvalue weighted by Gasteiger charge is -2.10. The summed E-state index contributed by atoms with van der Waals surface area (Å²) in [5.74, 6) is 1.78. The second-order valence-corrected chi connectivity index (χ2v) is 7.16. The van der Waals surface area contributed by atoms with Gasteiger partial charge in [0.05, 0.1) is 5.75 Å². The summed E-state index contributed by atoms with van der Waals surface area (Å²) in [6.07, 6.45) is 2.34. The Hall–Kier alpha value is -1.19. The first-order valence-electron chi connectivity index (χ1n) is 7.41. The average molecular weight is 341 g/mol. The number of anilines is 1. The molecule has 0 saturated carbocycles. The highest BCUT2D eigenvalue weighted by molar-refractivity contribution is 8.00. The molecule has 0 unspecified atom stereocenters.